The second-order valence-electron chi connectivity index (χ2n) is 4.88. The molecule has 2 heterocycles. The summed E-state index contributed by atoms with van der Waals surface area (Å²) >= 11 is 1.73. The number of anilines is 1. The first-order valence-corrected chi connectivity index (χ1v) is 7.14. The highest BCUT2D eigenvalue weighted by Gasteiger charge is 2.25. The zero-order valence-corrected chi connectivity index (χ0v) is 13.0. The third kappa shape index (κ3) is 2.53. The SMILES string of the molecule is Cc1cc(C(C)Nc2c([N+](=O)[O-])nc(C)n2C)c(C)s1. The summed E-state index contributed by atoms with van der Waals surface area (Å²) in [6, 6.07) is 2.11. The second kappa shape index (κ2) is 5.24. The van der Waals surface area contributed by atoms with E-state index in [4.69, 9.17) is 0 Å². The predicted octanol–water partition coefficient (Wildman–Crippen LogP) is 3.49. The van der Waals surface area contributed by atoms with E-state index < -0.39 is 4.92 Å². The van der Waals surface area contributed by atoms with Gasteiger partial charge in [0.1, 0.15) is 0 Å². The van der Waals surface area contributed by atoms with Crippen LogP contribution in [0.15, 0.2) is 6.07 Å². The van der Waals surface area contributed by atoms with Crippen molar-refractivity contribution in [2.75, 3.05) is 5.32 Å². The third-order valence-corrected chi connectivity index (χ3v) is 4.35. The predicted molar refractivity (Wildman–Crippen MR) is 80.4 cm³/mol. The molecular formula is C13H18N4O2S. The number of nitro groups is 1. The lowest BCUT2D eigenvalue weighted by atomic mass is 10.1. The molecule has 1 atom stereocenters. The Morgan fingerprint density at radius 2 is 2.10 bits per heavy atom. The Balaban J connectivity index is 2.34. The van der Waals surface area contributed by atoms with Crippen LogP contribution in [0.4, 0.5) is 11.6 Å². The molecule has 2 aromatic heterocycles. The smallest absolute Gasteiger partial charge is 0.358 e. The van der Waals surface area contributed by atoms with E-state index in [1.165, 1.54) is 15.3 Å². The molecule has 6 nitrogen and oxygen atoms in total. The molecule has 108 valence electrons. The maximum atomic E-state index is 11.1. The Hall–Kier alpha value is -1.89. The molecule has 0 saturated carbocycles. The van der Waals surface area contributed by atoms with Crippen LogP contribution in [0.3, 0.4) is 0 Å². The summed E-state index contributed by atoms with van der Waals surface area (Å²) in [5.41, 5.74) is 1.17. The molecule has 0 aliphatic rings. The topological polar surface area (TPSA) is 73.0 Å². The Morgan fingerprint density at radius 3 is 2.60 bits per heavy atom. The Labute approximate surface area is 121 Å². The number of nitrogens with zero attached hydrogens (tertiary/aromatic N) is 3. The zero-order valence-electron chi connectivity index (χ0n) is 12.2. The van der Waals surface area contributed by atoms with Gasteiger partial charge in [0, 0.05) is 23.7 Å². The summed E-state index contributed by atoms with van der Waals surface area (Å²) in [5, 5.41) is 14.3. The molecule has 0 aliphatic heterocycles. The van der Waals surface area contributed by atoms with Gasteiger partial charge >= 0.3 is 5.82 Å². The van der Waals surface area contributed by atoms with Crippen LogP contribution in [0.5, 0.6) is 0 Å². The molecule has 1 unspecified atom stereocenters. The van der Waals surface area contributed by atoms with E-state index in [0.29, 0.717) is 11.6 Å². The minimum atomic E-state index is -0.451. The normalized spacial score (nSPS) is 12.4. The lowest BCUT2D eigenvalue weighted by Gasteiger charge is -2.15. The summed E-state index contributed by atoms with van der Waals surface area (Å²) in [5.74, 6) is 0.939. The van der Waals surface area contributed by atoms with Crippen LogP contribution in [0, 0.1) is 30.9 Å². The summed E-state index contributed by atoms with van der Waals surface area (Å²) in [7, 11) is 1.77. The van der Waals surface area contributed by atoms with Crippen LogP contribution >= 0.6 is 11.3 Å². The van der Waals surface area contributed by atoms with Gasteiger partial charge in [-0.1, -0.05) is 0 Å². The standard InChI is InChI=1S/C13H18N4O2S/c1-7-6-11(9(3)20-7)8(2)14-12-13(17(18)19)15-10(4)16(12)5/h6,8,14H,1-5H3. The highest BCUT2D eigenvalue weighted by Crippen LogP contribution is 2.31. The first-order chi connectivity index (χ1) is 9.31. The van der Waals surface area contributed by atoms with Crippen LogP contribution < -0.4 is 5.32 Å². The second-order valence-corrected chi connectivity index (χ2v) is 6.34. The fraction of sp³-hybridized carbons (Fsp3) is 0.462. The lowest BCUT2D eigenvalue weighted by Crippen LogP contribution is -2.11. The van der Waals surface area contributed by atoms with Crippen molar-refractivity contribution >= 4 is 23.0 Å². The lowest BCUT2D eigenvalue weighted by molar-refractivity contribution is -0.388. The van der Waals surface area contributed by atoms with E-state index in [1.54, 1.807) is 29.9 Å². The van der Waals surface area contributed by atoms with Crippen LogP contribution in [-0.4, -0.2) is 14.5 Å². The van der Waals surface area contributed by atoms with Gasteiger partial charge in [0.05, 0.1) is 6.04 Å². The number of hydrogen-bond acceptors (Lipinski definition) is 5. The minimum absolute atomic E-state index is 0.00606. The number of hydrogen-bond donors (Lipinski definition) is 1. The summed E-state index contributed by atoms with van der Waals surface area (Å²) in [6.45, 7) is 7.88. The van der Waals surface area contributed by atoms with Gasteiger partial charge in [-0.15, -0.1) is 11.3 Å². The van der Waals surface area contributed by atoms with E-state index in [2.05, 4.69) is 30.2 Å². The molecule has 2 aromatic rings. The van der Waals surface area contributed by atoms with Gasteiger partial charge in [0.15, 0.2) is 0 Å². The average molecular weight is 294 g/mol. The molecule has 0 amide bonds. The van der Waals surface area contributed by atoms with Gasteiger partial charge in [-0.3, -0.25) is 4.57 Å². The third-order valence-electron chi connectivity index (χ3n) is 3.37. The number of thiophene rings is 1. The summed E-state index contributed by atoms with van der Waals surface area (Å²) < 4.78 is 1.71. The van der Waals surface area contributed by atoms with E-state index >= 15 is 0 Å². The first kappa shape index (κ1) is 14.5. The molecule has 0 bridgehead atoms. The van der Waals surface area contributed by atoms with Crippen molar-refractivity contribution in [2.24, 2.45) is 7.05 Å². The zero-order chi connectivity index (χ0) is 15.0. The maximum absolute atomic E-state index is 11.1. The fourth-order valence-electron chi connectivity index (χ4n) is 2.24. The Bertz CT molecular complexity index is 660. The minimum Gasteiger partial charge on any atom is -0.358 e. The van der Waals surface area contributed by atoms with Gasteiger partial charge < -0.3 is 15.4 Å². The van der Waals surface area contributed by atoms with Crippen molar-refractivity contribution in [3.05, 3.63) is 37.3 Å². The molecule has 1 N–H and O–H groups in total. The van der Waals surface area contributed by atoms with Gasteiger partial charge in [-0.25, -0.2) is 0 Å². The van der Waals surface area contributed by atoms with Crippen molar-refractivity contribution in [1.29, 1.82) is 0 Å². The number of nitrogens with one attached hydrogen (secondary N) is 1. The molecule has 0 spiro atoms. The molecule has 0 saturated heterocycles. The van der Waals surface area contributed by atoms with Crippen molar-refractivity contribution < 1.29 is 4.92 Å². The van der Waals surface area contributed by atoms with Crippen molar-refractivity contribution in [3.8, 4) is 0 Å². The van der Waals surface area contributed by atoms with Gasteiger partial charge in [0.25, 0.3) is 0 Å². The number of imidazole rings is 1. The number of aryl methyl sites for hydroxylation is 3. The largest absolute Gasteiger partial charge is 0.406 e. The number of rotatable bonds is 4. The first-order valence-electron chi connectivity index (χ1n) is 6.32. The summed E-state index contributed by atoms with van der Waals surface area (Å²) in [6.07, 6.45) is 0. The van der Waals surface area contributed by atoms with Gasteiger partial charge in [0.2, 0.25) is 11.6 Å². The fourth-order valence-corrected chi connectivity index (χ4v) is 3.27. The molecule has 20 heavy (non-hydrogen) atoms. The quantitative estimate of drug-likeness (QED) is 0.692. The molecule has 0 fully saturated rings. The Kier molecular flexibility index (Phi) is 3.80. The molecule has 0 aliphatic carbocycles. The highest BCUT2D eigenvalue weighted by atomic mass is 32.1. The molecule has 2 rings (SSSR count). The maximum Gasteiger partial charge on any atom is 0.406 e. The average Bonchev–Trinajstić information content (AvgIpc) is 2.83. The monoisotopic (exact) mass is 294 g/mol. The van der Waals surface area contributed by atoms with Crippen molar-refractivity contribution in [3.63, 3.8) is 0 Å². The molecule has 0 aromatic carbocycles. The van der Waals surface area contributed by atoms with E-state index in [-0.39, 0.29) is 11.9 Å². The van der Waals surface area contributed by atoms with E-state index in [9.17, 15) is 10.1 Å². The number of aromatic nitrogens is 2. The molecule has 7 heteroatoms. The molecular weight excluding hydrogens is 276 g/mol. The van der Waals surface area contributed by atoms with Crippen LogP contribution in [0.1, 0.15) is 34.1 Å². The molecule has 0 radical (unpaired) electrons. The highest BCUT2D eigenvalue weighted by molar-refractivity contribution is 7.12. The van der Waals surface area contributed by atoms with E-state index in [1.807, 2.05) is 6.92 Å². The van der Waals surface area contributed by atoms with Crippen LogP contribution in [0.25, 0.3) is 0 Å². The summed E-state index contributed by atoms with van der Waals surface area (Å²) in [4.78, 5) is 17.1. The van der Waals surface area contributed by atoms with Crippen LogP contribution in [-0.2, 0) is 7.05 Å². The van der Waals surface area contributed by atoms with Crippen LogP contribution in [0.2, 0.25) is 0 Å². The Morgan fingerprint density at radius 1 is 1.45 bits per heavy atom. The van der Waals surface area contributed by atoms with E-state index in [0.717, 1.165) is 0 Å². The van der Waals surface area contributed by atoms with Gasteiger partial charge in [-0.2, -0.15) is 0 Å². The van der Waals surface area contributed by atoms with Gasteiger partial charge in [-0.05, 0) is 42.3 Å². The van der Waals surface area contributed by atoms with Crippen molar-refractivity contribution in [1.82, 2.24) is 9.55 Å². The van der Waals surface area contributed by atoms with Crippen molar-refractivity contribution in [2.45, 2.75) is 33.7 Å².